The summed E-state index contributed by atoms with van der Waals surface area (Å²) in [5, 5.41) is 10.1. The molecule has 1 saturated heterocycles. The normalized spacial score (nSPS) is 29.5. The molecule has 2 atom stereocenters. The van der Waals surface area contributed by atoms with Crippen molar-refractivity contribution >= 4 is 5.91 Å². The molecule has 0 spiro atoms. The average Bonchev–Trinajstić information content (AvgIpc) is 2.36. The summed E-state index contributed by atoms with van der Waals surface area (Å²) in [6.45, 7) is 0.707. The van der Waals surface area contributed by atoms with Gasteiger partial charge in [0, 0.05) is 6.04 Å². The van der Waals surface area contributed by atoms with Gasteiger partial charge in [-0.25, -0.2) is 0 Å². The fourth-order valence-electron chi connectivity index (χ4n) is 0.989. The maximum atomic E-state index is 11.0. The molecule has 0 aromatic carbocycles. The molecule has 1 aliphatic heterocycles. The summed E-state index contributed by atoms with van der Waals surface area (Å²) in [5.74, 6) is -0.716. The van der Waals surface area contributed by atoms with Gasteiger partial charge in [-0.15, -0.1) is 0 Å². The van der Waals surface area contributed by atoms with Gasteiger partial charge in [0.25, 0.3) is 0 Å². The second-order valence-corrected chi connectivity index (χ2v) is 2.41. The predicted octanol–water partition coefficient (Wildman–Crippen LogP) is -1.44. The summed E-state index contributed by atoms with van der Waals surface area (Å²) < 4.78 is 4.94. The van der Waals surface area contributed by atoms with Crippen LogP contribution in [0, 0.1) is 17.4 Å². The summed E-state index contributed by atoms with van der Waals surface area (Å²) in [6, 6.07) is -0.275. The number of ether oxygens (including phenoxy) is 1. The van der Waals surface area contributed by atoms with Crippen molar-refractivity contribution < 1.29 is 9.53 Å². The third-order valence-electron chi connectivity index (χ3n) is 1.64. The molecule has 1 aliphatic rings. The minimum atomic E-state index is -0.366. The Morgan fingerprint density at radius 3 is 2.91 bits per heavy atom. The van der Waals surface area contributed by atoms with Crippen molar-refractivity contribution in [3.05, 3.63) is 0 Å². The van der Waals surface area contributed by atoms with Crippen molar-refractivity contribution in [1.29, 1.82) is 5.26 Å². The van der Waals surface area contributed by atoms with E-state index in [1.165, 1.54) is 0 Å². The van der Waals surface area contributed by atoms with Crippen LogP contribution >= 0.6 is 0 Å². The van der Waals surface area contributed by atoms with E-state index in [9.17, 15) is 4.79 Å². The van der Waals surface area contributed by atoms with Crippen LogP contribution in [0.25, 0.3) is 0 Å². The summed E-state index contributed by atoms with van der Waals surface area (Å²) in [6.07, 6.45) is 1.55. The number of rotatable bonds is 1. The Labute approximate surface area is 64.1 Å². The zero-order valence-corrected chi connectivity index (χ0v) is 5.91. The number of carbonyl (C=O) groups is 1. The molecule has 1 fully saturated rings. The Hall–Kier alpha value is -1.12. The van der Waals surface area contributed by atoms with E-state index in [-0.39, 0.29) is 17.9 Å². The molecule has 11 heavy (non-hydrogen) atoms. The van der Waals surface area contributed by atoms with Crippen LogP contribution in [0.1, 0.15) is 0 Å². The molecule has 0 aromatic rings. The second kappa shape index (κ2) is 3.32. The van der Waals surface area contributed by atoms with Gasteiger partial charge in [0.15, 0.2) is 6.19 Å². The highest BCUT2D eigenvalue weighted by atomic mass is 16.5. The van der Waals surface area contributed by atoms with Gasteiger partial charge in [-0.1, -0.05) is 0 Å². The van der Waals surface area contributed by atoms with Crippen LogP contribution in [0.2, 0.25) is 0 Å². The van der Waals surface area contributed by atoms with E-state index in [1.54, 1.807) is 6.19 Å². The van der Waals surface area contributed by atoms with Gasteiger partial charge >= 0.3 is 0 Å². The van der Waals surface area contributed by atoms with E-state index in [1.807, 2.05) is 5.32 Å². The highest BCUT2D eigenvalue weighted by Crippen LogP contribution is 2.10. The van der Waals surface area contributed by atoms with Gasteiger partial charge in [-0.3, -0.25) is 10.1 Å². The largest absolute Gasteiger partial charge is 0.379 e. The van der Waals surface area contributed by atoms with E-state index in [2.05, 4.69) is 0 Å². The number of carbonyl (C=O) groups excluding carboxylic acids is 1. The van der Waals surface area contributed by atoms with Gasteiger partial charge < -0.3 is 10.5 Å². The van der Waals surface area contributed by atoms with Crippen molar-refractivity contribution in [3.63, 3.8) is 0 Å². The van der Waals surface area contributed by atoms with E-state index in [0.717, 1.165) is 0 Å². The lowest BCUT2D eigenvalue weighted by Crippen LogP contribution is -2.39. The SMILES string of the molecule is N#CNC(=O)C1COCC1N. The molecule has 0 aromatic heterocycles. The third kappa shape index (κ3) is 1.67. The van der Waals surface area contributed by atoms with Gasteiger partial charge in [0.1, 0.15) is 0 Å². The van der Waals surface area contributed by atoms with E-state index in [0.29, 0.717) is 13.2 Å². The fraction of sp³-hybridized carbons (Fsp3) is 0.667. The topological polar surface area (TPSA) is 88.1 Å². The first kappa shape index (κ1) is 7.98. The molecular formula is C6H9N3O2. The number of nitrogens with zero attached hydrogens (tertiary/aromatic N) is 1. The molecule has 1 heterocycles. The number of nitrogens with two attached hydrogens (primary N) is 1. The fourth-order valence-corrected chi connectivity index (χ4v) is 0.989. The van der Waals surface area contributed by atoms with Crippen molar-refractivity contribution in [2.45, 2.75) is 6.04 Å². The maximum Gasteiger partial charge on any atom is 0.240 e. The Morgan fingerprint density at radius 2 is 2.45 bits per heavy atom. The quantitative estimate of drug-likeness (QED) is 0.358. The summed E-state index contributed by atoms with van der Waals surface area (Å²) in [5.41, 5.74) is 5.51. The Balaban J connectivity index is 2.47. The lowest BCUT2D eigenvalue weighted by molar-refractivity contribution is -0.124. The molecule has 0 saturated carbocycles. The van der Waals surface area contributed by atoms with Crippen molar-refractivity contribution in [1.82, 2.24) is 5.32 Å². The summed E-state index contributed by atoms with van der Waals surface area (Å²) in [4.78, 5) is 11.0. The Bertz CT molecular complexity index is 198. The zero-order chi connectivity index (χ0) is 8.27. The van der Waals surface area contributed by atoms with Crippen LogP contribution in [0.15, 0.2) is 0 Å². The molecular weight excluding hydrogens is 146 g/mol. The van der Waals surface area contributed by atoms with E-state index >= 15 is 0 Å². The zero-order valence-electron chi connectivity index (χ0n) is 5.91. The van der Waals surface area contributed by atoms with Crippen LogP contribution in [0.3, 0.4) is 0 Å². The first-order chi connectivity index (χ1) is 5.25. The van der Waals surface area contributed by atoms with Gasteiger partial charge in [0.05, 0.1) is 19.1 Å². The van der Waals surface area contributed by atoms with Crippen LogP contribution in [-0.4, -0.2) is 25.2 Å². The molecule has 2 unspecified atom stereocenters. The molecule has 1 rings (SSSR count). The van der Waals surface area contributed by atoms with Crippen molar-refractivity contribution in [2.24, 2.45) is 11.7 Å². The van der Waals surface area contributed by atoms with Crippen molar-refractivity contribution in [2.75, 3.05) is 13.2 Å². The molecule has 0 aliphatic carbocycles. The molecule has 0 bridgehead atoms. The number of nitrogens with one attached hydrogen (secondary N) is 1. The predicted molar refractivity (Wildman–Crippen MR) is 36.0 cm³/mol. The summed E-state index contributed by atoms with van der Waals surface area (Å²) in [7, 11) is 0. The second-order valence-electron chi connectivity index (χ2n) is 2.41. The number of hydrogen-bond donors (Lipinski definition) is 2. The van der Waals surface area contributed by atoms with Crippen LogP contribution < -0.4 is 11.1 Å². The number of nitriles is 1. The average molecular weight is 155 g/mol. The number of hydrogen-bond acceptors (Lipinski definition) is 4. The summed E-state index contributed by atoms with van der Waals surface area (Å²) >= 11 is 0. The molecule has 5 nitrogen and oxygen atoms in total. The van der Waals surface area contributed by atoms with Crippen LogP contribution in [-0.2, 0) is 9.53 Å². The Kier molecular flexibility index (Phi) is 2.41. The van der Waals surface area contributed by atoms with Crippen LogP contribution in [0.4, 0.5) is 0 Å². The molecule has 0 radical (unpaired) electrons. The first-order valence-corrected chi connectivity index (χ1v) is 3.28. The van der Waals surface area contributed by atoms with E-state index < -0.39 is 0 Å². The highest BCUT2D eigenvalue weighted by Gasteiger charge is 2.30. The van der Waals surface area contributed by atoms with E-state index in [4.69, 9.17) is 15.7 Å². The molecule has 3 N–H and O–H groups in total. The minimum Gasteiger partial charge on any atom is -0.379 e. The monoisotopic (exact) mass is 155 g/mol. The first-order valence-electron chi connectivity index (χ1n) is 3.28. The smallest absolute Gasteiger partial charge is 0.240 e. The van der Waals surface area contributed by atoms with Crippen LogP contribution in [0.5, 0.6) is 0 Å². The molecule has 5 heteroatoms. The minimum absolute atomic E-state index is 0.275. The van der Waals surface area contributed by atoms with Gasteiger partial charge in [-0.05, 0) is 0 Å². The van der Waals surface area contributed by atoms with Gasteiger partial charge in [0.2, 0.25) is 5.91 Å². The van der Waals surface area contributed by atoms with Gasteiger partial charge in [-0.2, -0.15) is 5.26 Å². The number of amides is 1. The standard InChI is InChI=1S/C6H9N3O2/c7-3-9-6(10)4-1-11-2-5(4)8/h4-5H,1-2,8H2,(H,9,10). The molecule has 1 amide bonds. The molecule has 60 valence electrons. The third-order valence-corrected chi connectivity index (χ3v) is 1.64. The maximum absolute atomic E-state index is 11.0. The Morgan fingerprint density at radius 1 is 1.73 bits per heavy atom. The van der Waals surface area contributed by atoms with Crippen molar-refractivity contribution in [3.8, 4) is 6.19 Å². The highest BCUT2D eigenvalue weighted by molar-refractivity contribution is 5.81. The lowest BCUT2D eigenvalue weighted by atomic mass is 10.0. The lowest BCUT2D eigenvalue weighted by Gasteiger charge is -2.08.